The maximum Gasteiger partial charge on any atom is 0.412 e. The summed E-state index contributed by atoms with van der Waals surface area (Å²) >= 11 is 0. The summed E-state index contributed by atoms with van der Waals surface area (Å²) in [5.74, 6) is -2.19. The molecule has 1 aromatic carbocycles. The van der Waals surface area contributed by atoms with E-state index in [9.17, 15) is 14.9 Å². The lowest BCUT2D eigenvalue weighted by Crippen LogP contribution is -2.47. The van der Waals surface area contributed by atoms with Crippen LogP contribution in [0.15, 0.2) is 24.3 Å². The van der Waals surface area contributed by atoms with Crippen molar-refractivity contribution in [1.82, 2.24) is 4.90 Å². The van der Waals surface area contributed by atoms with Gasteiger partial charge < -0.3 is 28.4 Å². The first-order valence-electron chi connectivity index (χ1n) is 16.4. The number of nitrogens with zero attached hydrogens (tertiary/aromatic N) is 2. The molecule has 0 unspecified atom stereocenters. The summed E-state index contributed by atoms with van der Waals surface area (Å²) in [6.45, 7) is 9.82. The Balaban J connectivity index is 1.33. The van der Waals surface area contributed by atoms with Crippen LogP contribution >= 0.6 is 0 Å². The number of morpholine rings is 1. The summed E-state index contributed by atoms with van der Waals surface area (Å²) in [5.41, 5.74) is 0.305. The summed E-state index contributed by atoms with van der Waals surface area (Å²) in [5, 5.41) is 13.7. The van der Waals surface area contributed by atoms with E-state index < -0.39 is 40.9 Å². The topological polar surface area (TPSA) is 131 Å². The van der Waals surface area contributed by atoms with Gasteiger partial charge in [0.1, 0.15) is 12.7 Å². The zero-order valence-corrected chi connectivity index (χ0v) is 26.6. The van der Waals surface area contributed by atoms with Gasteiger partial charge in [0.2, 0.25) is 5.79 Å². The molecular weight excluding hydrogens is 570 g/mol. The van der Waals surface area contributed by atoms with Crippen molar-refractivity contribution in [1.29, 1.82) is 0 Å². The molecule has 0 aromatic heterocycles. The second-order valence-electron chi connectivity index (χ2n) is 12.5. The van der Waals surface area contributed by atoms with Gasteiger partial charge in [0, 0.05) is 44.1 Å². The first-order chi connectivity index (χ1) is 21.2. The molecule has 0 saturated carbocycles. The molecule has 3 aliphatic heterocycles. The Kier molecular flexibility index (Phi) is 13.2. The molecule has 1 amide bonds. The van der Waals surface area contributed by atoms with Crippen LogP contribution in [0.1, 0.15) is 85.0 Å². The number of rotatable bonds is 18. The number of fused-ring (bicyclic) bond motifs is 1. The van der Waals surface area contributed by atoms with Gasteiger partial charge in [0.25, 0.3) is 5.69 Å². The Morgan fingerprint density at radius 2 is 1.64 bits per heavy atom. The Morgan fingerprint density at radius 1 is 1.00 bits per heavy atom. The van der Waals surface area contributed by atoms with Crippen molar-refractivity contribution in [3.05, 3.63) is 34.4 Å². The molecule has 1 N–H and O–H groups in total. The van der Waals surface area contributed by atoms with E-state index in [1.54, 1.807) is 0 Å². The molecule has 1 aromatic rings. The van der Waals surface area contributed by atoms with E-state index in [0.717, 1.165) is 25.9 Å². The lowest BCUT2D eigenvalue weighted by atomic mass is 10.0. The molecular formula is C32H51N3O9. The predicted molar refractivity (Wildman–Crippen MR) is 165 cm³/mol. The Bertz CT molecular complexity index is 1030. The summed E-state index contributed by atoms with van der Waals surface area (Å²) in [4.78, 5) is 25.8. The lowest BCUT2D eigenvalue weighted by molar-refractivity contribution is -0.384. The van der Waals surface area contributed by atoms with E-state index in [1.165, 1.54) is 75.6 Å². The molecule has 0 radical (unpaired) electrons. The van der Waals surface area contributed by atoms with E-state index in [-0.39, 0.29) is 12.3 Å². The zero-order valence-electron chi connectivity index (χ0n) is 26.6. The van der Waals surface area contributed by atoms with Crippen molar-refractivity contribution in [3.63, 3.8) is 0 Å². The fraction of sp³-hybridized carbons (Fsp3) is 0.781. The highest BCUT2D eigenvalue weighted by atomic mass is 16.9. The predicted octanol–water partition coefficient (Wildman–Crippen LogP) is 6.03. The van der Waals surface area contributed by atoms with Gasteiger partial charge in [-0.3, -0.25) is 20.3 Å². The molecule has 3 heterocycles. The largest absolute Gasteiger partial charge is 0.440 e. The maximum atomic E-state index is 13.1. The fourth-order valence-electron chi connectivity index (χ4n) is 6.13. The van der Waals surface area contributed by atoms with Gasteiger partial charge in [0.15, 0.2) is 18.0 Å². The van der Waals surface area contributed by atoms with Crippen molar-refractivity contribution >= 4 is 17.5 Å². The number of carbonyl (C=O) groups is 1. The number of ether oxygens (including phenoxy) is 6. The molecule has 4 atom stereocenters. The van der Waals surface area contributed by atoms with Crippen LogP contribution in [0.25, 0.3) is 0 Å². The zero-order chi connectivity index (χ0) is 31.4. The number of nitro benzene ring substituents is 1. The number of unbranched alkanes of at least 4 members (excludes halogenated alkanes) is 9. The van der Waals surface area contributed by atoms with Crippen LogP contribution in [0.4, 0.5) is 16.2 Å². The van der Waals surface area contributed by atoms with Crippen LogP contribution < -0.4 is 5.32 Å². The lowest BCUT2D eigenvalue weighted by Gasteiger charge is -2.33. The highest BCUT2D eigenvalue weighted by Gasteiger charge is 2.66. The van der Waals surface area contributed by atoms with Crippen molar-refractivity contribution in [2.45, 2.75) is 115 Å². The average Bonchev–Trinajstić information content (AvgIpc) is 3.40. The number of anilines is 1. The quantitative estimate of drug-likeness (QED) is 0.118. The van der Waals surface area contributed by atoms with Crippen molar-refractivity contribution in [3.8, 4) is 0 Å². The Morgan fingerprint density at radius 3 is 2.27 bits per heavy atom. The first-order valence-corrected chi connectivity index (χ1v) is 16.4. The molecule has 3 saturated heterocycles. The van der Waals surface area contributed by atoms with E-state index in [2.05, 4.69) is 17.1 Å². The number of nitrogens with one attached hydrogen (secondary N) is 1. The van der Waals surface area contributed by atoms with Crippen molar-refractivity contribution < 1.29 is 38.1 Å². The van der Waals surface area contributed by atoms with E-state index >= 15 is 0 Å². The molecule has 44 heavy (non-hydrogen) atoms. The standard InChI is InChI=1S/C32H51N3O9/c1-4-5-6-7-8-9-10-11-12-13-20-40-24-32-29(43-31(2,3)44-32)28(27(42-32)23-34-18-21-39-22-19-34)41-30(36)33-25-14-16-26(17-15-25)35(37)38/h14-17,27-29H,4-13,18-24H2,1-3H3,(H,33,36)/t27-,28+,29-,32-/m0/s1. The normalized spacial score (nSPS) is 26.4. The fourth-order valence-corrected chi connectivity index (χ4v) is 6.13. The van der Waals surface area contributed by atoms with Gasteiger partial charge in [0.05, 0.1) is 18.1 Å². The molecule has 0 aliphatic carbocycles. The summed E-state index contributed by atoms with van der Waals surface area (Å²) in [7, 11) is 0. The highest BCUT2D eigenvalue weighted by molar-refractivity contribution is 5.84. The van der Waals surface area contributed by atoms with Crippen LogP contribution in [-0.2, 0) is 28.4 Å². The minimum absolute atomic E-state index is 0.0694. The smallest absolute Gasteiger partial charge is 0.412 e. The first kappa shape index (κ1) is 34.5. The van der Waals surface area contributed by atoms with Gasteiger partial charge in [-0.2, -0.15) is 0 Å². The molecule has 3 fully saturated rings. The molecule has 12 heteroatoms. The van der Waals surface area contributed by atoms with Gasteiger partial charge in [-0.15, -0.1) is 0 Å². The van der Waals surface area contributed by atoms with Crippen LogP contribution in [0.3, 0.4) is 0 Å². The van der Waals surface area contributed by atoms with Gasteiger partial charge in [-0.25, -0.2) is 4.79 Å². The van der Waals surface area contributed by atoms with E-state index in [4.69, 9.17) is 28.4 Å². The van der Waals surface area contributed by atoms with Crippen LogP contribution in [0, 0.1) is 10.1 Å². The number of non-ortho nitro benzene ring substituents is 1. The van der Waals surface area contributed by atoms with Crippen molar-refractivity contribution in [2.24, 2.45) is 0 Å². The summed E-state index contributed by atoms with van der Waals surface area (Å²) in [6, 6.07) is 5.56. The van der Waals surface area contributed by atoms with E-state index in [0.29, 0.717) is 32.1 Å². The van der Waals surface area contributed by atoms with Gasteiger partial charge in [-0.05, 0) is 32.4 Å². The average molecular weight is 622 g/mol. The second-order valence-corrected chi connectivity index (χ2v) is 12.5. The Labute approximate surface area is 261 Å². The maximum absolute atomic E-state index is 13.1. The monoisotopic (exact) mass is 621 g/mol. The Hall–Kier alpha value is -2.35. The second kappa shape index (κ2) is 16.8. The number of carbonyl (C=O) groups excluding carboxylic acids is 1. The molecule has 0 spiro atoms. The highest BCUT2D eigenvalue weighted by Crippen LogP contribution is 2.47. The third kappa shape index (κ3) is 10.1. The summed E-state index contributed by atoms with van der Waals surface area (Å²) < 4.78 is 36.8. The van der Waals surface area contributed by atoms with Gasteiger partial charge in [-0.1, -0.05) is 64.7 Å². The molecule has 12 nitrogen and oxygen atoms in total. The third-order valence-electron chi connectivity index (χ3n) is 8.33. The summed E-state index contributed by atoms with van der Waals surface area (Å²) in [6.07, 6.45) is 9.74. The van der Waals surface area contributed by atoms with Gasteiger partial charge >= 0.3 is 6.09 Å². The molecule has 4 rings (SSSR count). The number of nitro groups is 1. The van der Waals surface area contributed by atoms with Crippen LogP contribution in [0.2, 0.25) is 0 Å². The number of hydrogen-bond donors (Lipinski definition) is 1. The molecule has 248 valence electrons. The minimum Gasteiger partial charge on any atom is -0.440 e. The minimum atomic E-state index is -1.22. The van der Waals surface area contributed by atoms with Crippen LogP contribution in [-0.4, -0.2) is 91.9 Å². The van der Waals surface area contributed by atoms with Crippen LogP contribution in [0.5, 0.6) is 0 Å². The third-order valence-corrected chi connectivity index (χ3v) is 8.33. The van der Waals surface area contributed by atoms with Crippen molar-refractivity contribution in [2.75, 3.05) is 51.4 Å². The molecule has 3 aliphatic rings. The van der Waals surface area contributed by atoms with E-state index in [1.807, 2.05) is 13.8 Å². The number of amides is 1. The number of hydrogen-bond acceptors (Lipinski definition) is 10. The SMILES string of the molecule is CCCCCCCCCCCCOC[C@@]12O[C@@H](CN3CCOCC3)[C@@H](OC(=O)Nc3ccc([N+](=O)[O-])cc3)[C@@H]1OC(C)(C)O2. The molecule has 0 bridgehead atoms. The number of benzene rings is 1.